The summed E-state index contributed by atoms with van der Waals surface area (Å²) in [4.78, 5) is 13.6. The van der Waals surface area contributed by atoms with Gasteiger partial charge in [-0.15, -0.1) is 11.3 Å². The van der Waals surface area contributed by atoms with Gasteiger partial charge >= 0.3 is 0 Å². The third-order valence-electron chi connectivity index (χ3n) is 3.76. The zero-order valence-electron chi connectivity index (χ0n) is 10.6. The van der Waals surface area contributed by atoms with Gasteiger partial charge in [0, 0.05) is 23.7 Å². The summed E-state index contributed by atoms with van der Waals surface area (Å²) >= 11 is 1.43. The molecule has 2 atom stereocenters. The van der Waals surface area contributed by atoms with Crippen molar-refractivity contribution in [2.24, 2.45) is 11.8 Å². The van der Waals surface area contributed by atoms with Crippen LogP contribution >= 0.6 is 11.3 Å². The summed E-state index contributed by atoms with van der Waals surface area (Å²) in [5, 5.41) is 12.2. The number of aliphatic hydroxyl groups is 1. The van der Waals surface area contributed by atoms with Gasteiger partial charge in [-0.3, -0.25) is 4.79 Å². The summed E-state index contributed by atoms with van der Waals surface area (Å²) in [6, 6.07) is 1.73. The highest BCUT2D eigenvalue weighted by Gasteiger charge is 2.27. The van der Waals surface area contributed by atoms with Crippen molar-refractivity contribution in [1.29, 1.82) is 0 Å². The molecule has 1 saturated carbocycles. The summed E-state index contributed by atoms with van der Waals surface area (Å²) in [7, 11) is 0. The normalized spacial score (nSPS) is 23.2. The molecular formula is C13H20N2O2S. The van der Waals surface area contributed by atoms with E-state index in [2.05, 4.69) is 5.32 Å². The van der Waals surface area contributed by atoms with Gasteiger partial charge < -0.3 is 16.2 Å². The smallest absolute Gasteiger partial charge is 0.261 e. The van der Waals surface area contributed by atoms with Crippen LogP contribution in [-0.4, -0.2) is 24.2 Å². The molecule has 1 aromatic rings. The first-order chi connectivity index (χ1) is 8.61. The van der Waals surface area contributed by atoms with E-state index in [1.54, 1.807) is 6.07 Å². The molecule has 2 unspecified atom stereocenters. The van der Waals surface area contributed by atoms with Crippen LogP contribution in [0.5, 0.6) is 0 Å². The lowest BCUT2D eigenvalue weighted by atomic mass is 9.97. The van der Waals surface area contributed by atoms with Crippen LogP contribution in [0, 0.1) is 18.8 Å². The number of aryl methyl sites for hydroxylation is 1. The van der Waals surface area contributed by atoms with Crippen LogP contribution in [-0.2, 0) is 0 Å². The summed E-state index contributed by atoms with van der Waals surface area (Å²) in [5.74, 6) is 0.709. The lowest BCUT2D eigenvalue weighted by Crippen LogP contribution is -2.31. The highest BCUT2D eigenvalue weighted by Crippen LogP contribution is 2.31. The lowest BCUT2D eigenvalue weighted by Gasteiger charge is -2.17. The number of carbonyl (C=O) groups excluding carboxylic acids is 1. The number of nitrogen functional groups attached to an aromatic ring is 1. The van der Waals surface area contributed by atoms with E-state index >= 15 is 0 Å². The molecule has 4 N–H and O–H groups in total. The number of amides is 1. The fourth-order valence-corrected chi connectivity index (χ4v) is 3.40. The number of carbonyl (C=O) groups is 1. The Morgan fingerprint density at radius 2 is 2.28 bits per heavy atom. The predicted octanol–water partition coefficient (Wildman–Crippen LogP) is 1.78. The zero-order valence-corrected chi connectivity index (χ0v) is 11.4. The van der Waals surface area contributed by atoms with E-state index in [4.69, 9.17) is 5.73 Å². The van der Waals surface area contributed by atoms with Gasteiger partial charge in [0.25, 0.3) is 5.91 Å². The first kappa shape index (κ1) is 13.4. The summed E-state index contributed by atoms with van der Waals surface area (Å²) in [6.07, 6.45) is 3.32. The molecule has 5 heteroatoms. The number of thiophene rings is 1. The van der Waals surface area contributed by atoms with Gasteiger partial charge in [-0.05, 0) is 37.7 Å². The fraction of sp³-hybridized carbons (Fsp3) is 0.615. The standard InChI is InChI=1S/C13H20N2O2S/c1-8-11(14)5-12(18-8)13(17)15-6-9-3-2-4-10(9)7-16/h5,9-10,16H,2-4,6-7,14H2,1H3,(H,15,17). The molecule has 1 aliphatic rings. The molecule has 1 heterocycles. The Morgan fingerprint density at radius 3 is 2.89 bits per heavy atom. The summed E-state index contributed by atoms with van der Waals surface area (Å²) < 4.78 is 0. The van der Waals surface area contributed by atoms with Crippen molar-refractivity contribution in [3.05, 3.63) is 15.8 Å². The molecule has 0 saturated heterocycles. The quantitative estimate of drug-likeness (QED) is 0.779. The van der Waals surface area contributed by atoms with E-state index in [1.165, 1.54) is 11.3 Å². The average molecular weight is 268 g/mol. The highest BCUT2D eigenvalue weighted by molar-refractivity contribution is 7.14. The number of rotatable bonds is 4. The third-order valence-corrected chi connectivity index (χ3v) is 4.82. The van der Waals surface area contributed by atoms with Crippen molar-refractivity contribution in [1.82, 2.24) is 5.32 Å². The molecule has 1 aromatic heterocycles. The SMILES string of the molecule is Cc1sc(C(=O)NCC2CCCC2CO)cc1N. The van der Waals surface area contributed by atoms with Gasteiger partial charge in [0.2, 0.25) is 0 Å². The maximum Gasteiger partial charge on any atom is 0.261 e. The zero-order chi connectivity index (χ0) is 13.1. The molecule has 0 bridgehead atoms. The number of nitrogens with one attached hydrogen (secondary N) is 1. The van der Waals surface area contributed by atoms with Gasteiger partial charge in [0.1, 0.15) is 0 Å². The first-order valence-electron chi connectivity index (χ1n) is 6.36. The van der Waals surface area contributed by atoms with E-state index in [1.807, 2.05) is 6.92 Å². The van der Waals surface area contributed by atoms with Crippen LogP contribution in [0.2, 0.25) is 0 Å². The lowest BCUT2D eigenvalue weighted by molar-refractivity contribution is 0.0942. The molecule has 1 amide bonds. The van der Waals surface area contributed by atoms with Crippen molar-refractivity contribution < 1.29 is 9.90 Å². The van der Waals surface area contributed by atoms with Crippen molar-refractivity contribution in [2.75, 3.05) is 18.9 Å². The number of hydrogen-bond donors (Lipinski definition) is 3. The molecule has 2 rings (SSSR count). The number of anilines is 1. The molecule has 1 fully saturated rings. The Kier molecular flexibility index (Phi) is 4.24. The highest BCUT2D eigenvalue weighted by atomic mass is 32.1. The number of hydrogen-bond acceptors (Lipinski definition) is 4. The largest absolute Gasteiger partial charge is 0.398 e. The minimum Gasteiger partial charge on any atom is -0.398 e. The van der Waals surface area contributed by atoms with Crippen LogP contribution in [0.1, 0.15) is 33.8 Å². The van der Waals surface area contributed by atoms with Crippen LogP contribution in [0.3, 0.4) is 0 Å². The Hall–Kier alpha value is -1.07. The second kappa shape index (κ2) is 5.71. The maximum absolute atomic E-state index is 11.9. The Balaban J connectivity index is 1.88. The van der Waals surface area contributed by atoms with Crippen LogP contribution in [0.4, 0.5) is 5.69 Å². The van der Waals surface area contributed by atoms with Crippen molar-refractivity contribution in [3.8, 4) is 0 Å². The van der Waals surface area contributed by atoms with Crippen LogP contribution in [0.25, 0.3) is 0 Å². The predicted molar refractivity (Wildman–Crippen MR) is 73.7 cm³/mol. The van der Waals surface area contributed by atoms with Crippen molar-refractivity contribution >= 4 is 22.9 Å². The maximum atomic E-state index is 11.9. The molecule has 4 nitrogen and oxygen atoms in total. The Morgan fingerprint density at radius 1 is 1.56 bits per heavy atom. The minimum absolute atomic E-state index is 0.0524. The third kappa shape index (κ3) is 2.84. The first-order valence-corrected chi connectivity index (χ1v) is 7.18. The number of nitrogens with two attached hydrogens (primary N) is 1. The van der Waals surface area contributed by atoms with E-state index in [-0.39, 0.29) is 12.5 Å². The molecule has 100 valence electrons. The molecular weight excluding hydrogens is 248 g/mol. The molecule has 0 aliphatic heterocycles. The van der Waals surface area contributed by atoms with Gasteiger partial charge in [0.15, 0.2) is 0 Å². The van der Waals surface area contributed by atoms with Gasteiger partial charge in [-0.25, -0.2) is 0 Å². The van der Waals surface area contributed by atoms with Crippen LogP contribution < -0.4 is 11.1 Å². The second-order valence-electron chi connectivity index (χ2n) is 4.97. The molecule has 0 spiro atoms. The van der Waals surface area contributed by atoms with Crippen molar-refractivity contribution in [2.45, 2.75) is 26.2 Å². The second-order valence-corrected chi connectivity index (χ2v) is 6.22. The van der Waals surface area contributed by atoms with E-state index in [0.29, 0.717) is 28.9 Å². The van der Waals surface area contributed by atoms with Gasteiger partial charge in [-0.1, -0.05) is 6.42 Å². The molecule has 18 heavy (non-hydrogen) atoms. The number of aliphatic hydroxyl groups excluding tert-OH is 1. The fourth-order valence-electron chi connectivity index (χ4n) is 2.54. The van der Waals surface area contributed by atoms with E-state index < -0.39 is 0 Å². The van der Waals surface area contributed by atoms with Gasteiger partial charge in [-0.2, -0.15) is 0 Å². The monoisotopic (exact) mass is 268 g/mol. The van der Waals surface area contributed by atoms with Crippen molar-refractivity contribution in [3.63, 3.8) is 0 Å². The Bertz CT molecular complexity index is 411. The molecule has 1 aliphatic carbocycles. The van der Waals surface area contributed by atoms with E-state index in [0.717, 1.165) is 24.1 Å². The molecule has 0 radical (unpaired) electrons. The molecule has 0 aromatic carbocycles. The topological polar surface area (TPSA) is 75.3 Å². The van der Waals surface area contributed by atoms with Gasteiger partial charge in [0.05, 0.1) is 4.88 Å². The summed E-state index contributed by atoms with van der Waals surface area (Å²) in [5.41, 5.74) is 6.42. The minimum atomic E-state index is -0.0524. The Labute approximate surface area is 111 Å². The summed E-state index contributed by atoms with van der Waals surface area (Å²) in [6.45, 7) is 2.79. The van der Waals surface area contributed by atoms with Crippen LogP contribution in [0.15, 0.2) is 6.07 Å². The van der Waals surface area contributed by atoms with E-state index in [9.17, 15) is 9.90 Å². The average Bonchev–Trinajstić information content (AvgIpc) is 2.93.